The van der Waals surface area contributed by atoms with Crippen LogP contribution in [-0.4, -0.2) is 37.4 Å². The van der Waals surface area contributed by atoms with E-state index < -0.39 is 0 Å². The average Bonchev–Trinajstić information content (AvgIpc) is 2.50. The molecule has 1 saturated heterocycles. The van der Waals surface area contributed by atoms with Crippen LogP contribution >= 0.6 is 0 Å². The Bertz CT molecular complexity index is 745. The van der Waals surface area contributed by atoms with E-state index in [0.29, 0.717) is 10.9 Å². The van der Waals surface area contributed by atoms with Crippen molar-refractivity contribution in [1.82, 2.24) is 19.4 Å². The Morgan fingerprint density at radius 3 is 2.77 bits per heavy atom. The summed E-state index contributed by atoms with van der Waals surface area (Å²) in [5, 5.41) is 0.442. The Kier molecular flexibility index (Phi) is 3.92. The normalized spacial score (nSPS) is 22.0. The second kappa shape index (κ2) is 5.87. The number of nitrogens with zero attached hydrogens (tertiary/aromatic N) is 4. The van der Waals surface area contributed by atoms with Crippen LogP contribution in [0.3, 0.4) is 0 Å². The largest absolute Gasteiger partial charge is 0.336 e. The lowest BCUT2D eigenvalue weighted by Gasteiger charge is -2.39. The fraction of sp³-hybridized carbons (Fsp3) is 0.500. The third kappa shape index (κ3) is 2.61. The van der Waals surface area contributed by atoms with Gasteiger partial charge in [-0.1, -0.05) is 0 Å². The predicted molar refractivity (Wildman–Crippen MR) is 83.4 cm³/mol. The number of likely N-dealkylation sites (tertiary alicyclic amines) is 1. The van der Waals surface area contributed by atoms with E-state index in [-0.39, 0.29) is 30.1 Å². The quantitative estimate of drug-likeness (QED) is 0.844. The number of amides is 1. The lowest BCUT2D eigenvalue weighted by atomic mass is 9.97. The highest BCUT2D eigenvalue weighted by molar-refractivity contribution is 5.79. The van der Waals surface area contributed by atoms with E-state index in [1.165, 1.54) is 17.1 Å². The summed E-state index contributed by atoms with van der Waals surface area (Å²) in [6.45, 7) is 4.22. The van der Waals surface area contributed by atoms with Crippen LogP contribution in [0.25, 0.3) is 10.9 Å². The molecule has 0 N–H and O–H groups in total. The lowest BCUT2D eigenvalue weighted by molar-refractivity contribution is -0.137. The monoisotopic (exact) mass is 300 g/mol. The first-order valence-electron chi connectivity index (χ1n) is 7.68. The predicted octanol–water partition coefficient (Wildman–Crippen LogP) is 1.58. The van der Waals surface area contributed by atoms with Gasteiger partial charge in [0.1, 0.15) is 12.9 Å². The van der Waals surface area contributed by atoms with Crippen molar-refractivity contribution in [3.8, 4) is 0 Å². The molecule has 2 atom stereocenters. The molecule has 2 unspecified atom stereocenters. The first-order valence-corrected chi connectivity index (χ1v) is 7.68. The summed E-state index contributed by atoms with van der Waals surface area (Å²) in [5.74, 6) is -0.00185. The number of carbonyl (C=O) groups excluding carboxylic acids is 1. The SMILES string of the molecule is CC1CCCC(C)N1C(=O)Cn1ccc2ncncc2c1=O. The van der Waals surface area contributed by atoms with Crippen LogP contribution in [0, 0.1) is 0 Å². The molecule has 1 fully saturated rings. The summed E-state index contributed by atoms with van der Waals surface area (Å²) >= 11 is 0. The molecule has 1 aliphatic heterocycles. The molecule has 0 spiro atoms. The number of hydrogen-bond donors (Lipinski definition) is 0. The van der Waals surface area contributed by atoms with E-state index in [1.54, 1.807) is 12.3 Å². The van der Waals surface area contributed by atoms with Crippen molar-refractivity contribution in [2.45, 2.75) is 51.7 Å². The maximum atomic E-state index is 12.6. The first kappa shape index (κ1) is 14.7. The number of rotatable bonds is 2. The second-order valence-electron chi connectivity index (χ2n) is 6.00. The number of carbonyl (C=O) groups is 1. The van der Waals surface area contributed by atoms with Gasteiger partial charge in [0.05, 0.1) is 10.9 Å². The van der Waals surface area contributed by atoms with Crippen LogP contribution < -0.4 is 5.56 Å². The highest BCUT2D eigenvalue weighted by Crippen LogP contribution is 2.22. The number of fused-ring (bicyclic) bond motifs is 1. The Balaban J connectivity index is 1.88. The summed E-state index contributed by atoms with van der Waals surface area (Å²) in [5.41, 5.74) is 0.382. The van der Waals surface area contributed by atoms with E-state index >= 15 is 0 Å². The molecule has 116 valence electrons. The molecule has 2 aromatic rings. The van der Waals surface area contributed by atoms with Crippen LogP contribution in [0.5, 0.6) is 0 Å². The third-order valence-corrected chi connectivity index (χ3v) is 4.43. The van der Waals surface area contributed by atoms with Crippen LogP contribution in [0.4, 0.5) is 0 Å². The van der Waals surface area contributed by atoms with Crippen molar-refractivity contribution in [2.24, 2.45) is 0 Å². The Morgan fingerprint density at radius 1 is 1.32 bits per heavy atom. The number of hydrogen-bond acceptors (Lipinski definition) is 4. The van der Waals surface area contributed by atoms with Crippen molar-refractivity contribution in [2.75, 3.05) is 0 Å². The van der Waals surface area contributed by atoms with Gasteiger partial charge in [0.15, 0.2) is 0 Å². The molecule has 6 heteroatoms. The molecule has 1 amide bonds. The molecule has 0 aliphatic carbocycles. The van der Waals surface area contributed by atoms with Crippen LogP contribution in [-0.2, 0) is 11.3 Å². The van der Waals surface area contributed by atoms with Gasteiger partial charge in [-0.3, -0.25) is 9.59 Å². The zero-order chi connectivity index (χ0) is 15.7. The average molecular weight is 300 g/mol. The highest BCUT2D eigenvalue weighted by Gasteiger charge is 2.28. The Hall–Kier alpha value is -2.24. The van der Waals surface area contributed by atoms with Gasteiger partial charge in [0.2, 0.25) is 5.91 Å². The highest BCUT2D eigenvalue weighted by atomic mass is 16.2. The van der Waals surface area contributed by atoms with Gasteiger partial charge in [0.25, 0.3) is 5.56 Å². The maximum absolute atomic E-state index is 12.6. The van der Waals surface area contributed by atoms with Crippen LogP contribution in [0.15, 0.2) is 29.6 Å². The molecule has 0 saturated carbocycles. The molecule has 0 bridgehead atoms. The van der Waals surface area contributed by atoms with Gasteiger partial charge in [-0.15, -0.1) is 0 Å². The molecular weight excluding hydrogens is 280 g/mol. The molecule has 6 nitrogen and oxygen atoms in total. The van der Waals surface area contributed by atoms with Gasteiger partial charge < -0.3 is 9.47 Å². The maximum Gasteiger partial charge on any atom is 0.262 e. The smallest absolute Gasteiger partial charge is 0.262 e. The number of piperidine rings is 1. The van der Waals surface area contributed by atoms with Gasteiger partial charge in [-0.2, -0.15) is 0 Å². The summed E-state index contributed by atoms with van der Waals surface area (Å²) in [4.78, 5) is 34.9. The molecule has 3 rings (SSSR count). The van der Waals surface area contributed by atoms with Gasteiger partial charge in [-0.05, 0) is 39.2 Å². The summed E-state index contributed by atoms with van der Waals surface area (Å²) in [6, 6.07) is 2.21. The Morgan fingerprint density at radius 2 is 2.05 bits per heavy atom. The zero-order valence-electron chi connectivity index (χ0n) is 12.9. The fourth-order valence-corrected chi connectivity index (χ4v) is 3.28. The van der Waals surface area contributed by atoms with Crippen LogP contribution in [0.1, 0.15) is 33.1 Å². The number of aromatic nitrogens is 3. The van der Waals surface area contributed by atoms with Gasteiger partial charge in [0, 0.05) is 24.5 Å². The molecule has 0 aromatic carbocycles. The molecule has 2 aromatic heterocycles. The van der Waals surface area contributed by atoms with E-state index in [4.69, 9.17) is 0 Å². The summed E-state index contributed by atoms with van der Waals surface area (Å²) < 4.78 is 1.45. The first-order chi connectivity index (χ1) is 10.6. The van der Waals surface area contributed by atoms with E-state index in [0.717, 1.165) is 19.3 Å². The molecular formula is C16H20N4O2. The van der Waals surface area contributed by atoms with Gasteiger partial charge >= 0.3 is 0 Å². The molecule has 3 heterocycles. The lowest BCUT2D eigenvalue weighted by Crippen LogP contribution is -2.49. The van der Waals surface area contributed by atoms with E-state index in [1.807, 2.05) is 4.90 Å². The number of pyridine rings is 1. The fourth-order valence-electron chi connectivity index (χ4n) is 3.28. The minimum absolute atomic E-state index is 0.00185. The minimum Gasteiger partial charge on any atom is -0.336 e. The van der Waals surface area contributed by atoms with E-state index in [9.17, 15) is 9.59 Å². The van der Waals surface area contributed by atoms with Crippen LogP contribution in [0.2, 0.25) is 0 Å². The third-order valence-electron chi connectivity index (χ3n) is 4.43. The van der Waals surface area contributed by atoms with Crippen molar-refractivity contribution < 1.29 is 4.79 Å². The minimum atomic E-state index is -0.219. The van der Waals surface area contributed by atoms with Crippen molar-refractivity contribution in [1.29, 1.82) is 0 Å². The second-order valence-corrected chi connectivity index (χ2v) is 6.00. The zero-order valence-corrected chi connectivity index (χ0v) is 12.9. The van der Waals surface area contributed by atoms with Gasteiger partial charge in [-0.25, -0.2) is 9.97 Å². The summed E-state index contributed by atoms with van der Waals surface area (Å²) in [7, 11) is 0. The molecule has 22 heavy (non-hydrogen) atoms. The van der Waals surface area contributed by atoms with Crippen molar-refractivity contribution >= 4 is 16.8 Å². The summed E-state index contributed by atoms with van der Waals surface area (Å²) in [6.07, 6.45) is 7.74. The van der Waals surface area contributed by atoms with Crippen molar-refractivity contribution in [3.05, 3.63) is 35.1 Å². The standard InChI is InChI=1S/C16H20N4O2/c1-11-4-3-5-12(2)20(11)15(21)9-19-7-6-14-13(16(19)22)8-17-10-18-14/h6-8,10-12H,3-5,9H2,1-2H3. The Labute approximate surface area is 128 Å². The molecule has 0 radical (unpaired) electrons. The molecule has 1 aliphatic rings. The van der Waals surface area contributed by atoms with Crippen molar-refractivity contribution in [3.63, 3.8) is 0 Å². The van der Waals surface area contributed by atoms with E-state index in [2.05, 4.69) is 23.8 Å². The topological polar surface area (TPSA) is 68.1 Å².